The highest BCUT2D eigenvalue weighted by Crippen LogP contribution is 2.16. The van der Waals surface area contributed by atoms with Crippen LogP contribution in [0.5, 0.6) is 0 Å². The summed E-state index contributed by atoms with van der Waals surface area (Å²) >= 11 is 0. The van der Waals surface area contributed by atoms with Crippen LogP contribution in [0.25, 0.3) is 0 Å². The summed E-state index contributed by atoms with van der Waals surface area (Å²) in [5.41, 5.74) is -0.373. The van der Waals surface area contributed by atoms with Gasteiger partial charge in [-0.3, -0.25) is 4.79 Å². The molecule has 0 bridgehead atoms. The van der Waals surface area contributed by atoms with Crippen molar-refractivity contribution in [1.29, 1.82) is 0 Å². The van der Waals surface area contributed by atoms with Gasteiger partial charge < -0.3 is 9.64 Å². The van der Waals surface area contributed by atoms with Crippen LogP contribution in [-0.4, -0.2) is 36.1 Å². The maximum absolute atomic E-state index is 11.5. The first-order valence-electron chi connectivity index (χ1n) is 6.81. The predicted molar refractivity (Wildman–Crippen MR) is 73.1 cm³/mol. The van der Waals surface area contributed by atoms with Crippen LogP contribution in [0.15, 0.2) is 0 Å². The number of hydrogen-bond acceptors (Lipinski definition) is 3. The SMILES string of the molecule is C#CC1CCN(CCCC(=O)OC(C)(C)C)CC1. The van der Waals surface area contributed by atoms with Gasteiger partial charge in [0, 0.05) is 12.3 Å². The summed E-state index contributed by atoms with van der Waals surface area (Å²) in [6.07, 6.45) is 8.97. The van der Waals surface area contributed by atoms with Gasteiger partial charge in [0.05, 0.1) is 0 Å². The molecule has 1 saturated heterocycles. The topological polar surface area (TPSA) is 29.5 Å². The van der Waals surface area contributed by atoms with Gasteiger partial charge in [-0.05, 0) is 59.7 Å². The number of rotatable bonds is 4. The highest BCUT2D eigenvalue weighted by Gasteiger charge is 2.18. The third kappa shape index (κ3) is 6.07. The number of terminal acetylenes is 1. The maximum atomic E-state index is 11.5. The highest BCUT2D eigenvalue weighted by atomic mass is 16.6. The second kappa shape index (κ2) is 6.80. The molecule has 0 unspecified atom stereocenters. The van der Waals surface area contributed by atoms with Gasteiger partial charge >= 0.3 is 5.97 Å². The van der Waals surface area contributed by atoms with E-state index < -0.39 is 0 Å². The molecule has 0 aromatic carbocycles. The van der Waals surface area contributed by atoms with E-state index in [4.69, 9.17) is 11.2 Å². The minimum atomic E-state index is -0.373. The molecule has 0 aromatic rings. The molecule has 1 heterocycles. The average molecular weight is 251 g/mol. The lowest BCUT2D eigenvalue weighted by Gasteiger charge is -2.29. The van der Waals surface area contributed by atoms with Crippen molar-refractivity contribution in [3.8, 4) is 12.3 Å². The molecule has 1 rings (SSSR count). The summed E-state index contributed by atoms with van der Waals surface area (Å²) in [7, 11) is 0. The lowest BCUT2D eigenvalue weighted by molar-refractivity contribution is -0.155. The number of hydrogen-bond donors (Lipinski definition) is 0. The molecular formula is C15H25NO2. The molecule has 0 amide bonds. The lowest BCUT2D eigenvalue weighted by atomic mass is 9.98. The quantitative estimate of drug-likeness (QED) is 0.568. The Bertz CT molecular complexity index is 303. The molecule has 0 radical (unpaired) electrons. The van der Waals surface area contributed by atoms with E-state index in [0.29, 0.717) is 12.3 Å². The van der Waals surface area contributed by atoms with Gasteiger partial charge in [0.1, 0.15) is 5.60 Å². The molecular weight excluding hydrogens is 226 g/mol. The summed E-state index contributed by atoms with van der Waals surface area (Å²) in [5, 5.41) is 0. The maximum Gasteiger partial charge on any atom is 0.306 e. The molecule has 0 spiro atoms. The van der Waals surface area contributed by atoms with E-state index in [1.54, 1.807) is 0 Å². The zero-order chi connectivity index (χ0) is 13.6. The number of carbonyl (C=O) groups is 1. The number of carbonyl (C=O) groups excluding carboxylic acids is 1. The summed E-state index contributed by atoms with van der Waals surface area (Å²) in [4.78, 5) is 13.9. The van der Waals surface area contributed by atoms with Crippen molar-refractivity contribution in [2.45, 2.75) is 52.1 Å². The standard InChI is InChI=1S/C15H25NO2/c1-5-13-8-11-16(12-9-13)10-6-7-14(17)18-15(2,3)4/h1,13H,6-12H2,2-4H3. The smallest absolute Gasteiger partial charge is 0.306 e. The molecule has 0 aliphatic carbocycles. The Labute approximate surface area is 111 Å². The molecule has 3 heteroatoms. The van der Waals surface area contributed by atoms with Gasteiger partial charge in [-0.1, -0.05) is 0 Å². The second-order valence-corrected chi connectivity index (χ2v) is 5.97. The molecule has 102 valence electrons. The second-order valence-electron chi connectivity index (χ2n) is 5.97. The summed E-state index contributed by atoms with van der Waals surface area (Å²) in [5.74, 6) is 3.18. The van der Waals surface area contributed by atoms with Crippen LogP contribution in [0.4, 0.5) is 0 Å². The number of ether oxygens (including phenoxy) is 1. The molecule has 1 fully saturated rings. The first-order valence-corrected chi connectivity index (χ1v) is 6.81. The van der Waals surface area contributed by atoms with Crippen molar-refractivity contribution in [3.05, 3.63) is 0 Å². The van der Waals surface area contributed by atoms with E-state index >= 15 is 0 Å². The van der Waals surface area contributed by atoms with Crippen molar-refractivity contribution in [3.63, 3.8) is 0 Å². The fraction of sp³-hybridized carbons (Fsp3) is 0.800. The first-order chi connectivity index (χ1) is 8.40. The minimum Gasteiger partial charge on any atom is -0.460 e. The Hall–Kier alpha value is -1.01. The van der Waals surface area contributed by atoms with Gasteiger partial charge in [-0.15, -0.1) is 12.3 Å². The first kappa shape index (κ1) is 15.0. The van der Waals surface area contributed by atoms with Gasteiger partial charge in [0.15, 0.2) is 0 Å². The largest absolute Gasteiger partial charge is 0.460 e. The molecule has 0 atom stereocenters. The van der Waals surface area contributed by atoms with E-state index in [1.165, 1.54) is 0 Å². The Kier molecular flexibility index (Phi) is 5.68. The van der Waals surface area contributed by atoms with Gasteiger partial charge in [0.2, 0.25) is 0 Å². The fourth-order valence-corrected chi connectivity index (χ4v) is 2.16. The van der Waals surface area contributed by atoms with E-state index in [0.717, 1.165) is 38.9 Å². The van der Waals surface area contributed by atoms with Crippen LogP contribution >= 0.6 is 0 Å². The van der Waals surface area contributed by atoms with Crippen LogP contribution in [0, 0.1) is 18.3 Å². The monoisotopic (exact) mass is 251 g/mol. The van der Waals surface area contributed by atoms with Crippen molar-refractivity contribution < 1.29 is 9.53 Å². The normalized spacial score (nSPS) is 18.3. The van der Waals surface area contributed by atoms with Crippen molar-refractivity contribution in [2.75, 3.05) is 19.6 Å². The highest BCUT2D eigenvalue weighted by molar-refractivity contribution is 5.69. The summed E-state index contributed by atoms with van der Waals surface area (Å²) < 4.78 is 5.28. The van der Waals surface area contributed by atoms with Crippen molar-refractivity contribution >= 4 is 5.97 Å². The molecule has 1 aliphatic rings. The molecule has 3 nitrogen and oxygen atoms in total. The lowest BCUT2D eigenvalue weighted by Crippen LogP contribution is -2.34. The third-order valence-electron chi connectivity index (χ3n) is 3.10. The summed E-state index contributed by atoms with van der Waals surface area (Å²) in [6, 6.07) is 0. The van der Waals surface area contributed by atoms with E-state index in [-0.39, 0.29) is 11.6 Å². The zero-order valence-corrected chi connectivity index (χ0v) is 11.9. The number of likely N-dealkylation sites (tertiary alicyclic amines) is 1. The van der Waals surface area contributed by atoms with E-state index in [1.807, 2.05) is 20.8 Å². The summed E-state index contributed by atoms with van der Waals surface area (Å²) in [6.45, 7) is 8.78. The molecule has 0 saturated carbocycles. The van der Waals surface area contributed by atoms with Gasteiger partial charge in [0.25, 0.3) is 0 Å². The molecule has 0 N–H and O–H groups in total. The van der Waals surface area contributed by atoms with Crippen LogP contribution in [-0.2, 0) is 9.53 Å². The van der Waals surface area contributed by atoms with E-state index in [2.05, 4.69) is 10.8 Å². The van der Waals surface area contributed by atoms with Crippen LogP contribution < -0.4 is 0 Å². The fourth-order valence-electron chi connectivity index (χ4n) is 2.16. The van der Waals surface area contributed by atoms with Crippen molar-refractivity contribution in [1.82, 2.24) is 4.90 Å². The van der Waals surface area contributed by atoms with Gasteiger partial charge in [-0.2, -0.15) is 0 Å². The Morgan fingerprint density at radius 2 is 2.00 bits per heavy atom. The third-order valence-corrected chi connectivity index (χ3v) is 3.10. The molecule has 18 heavy (non-hydrogen) atoms. The predicted octanol–water partition coefficient (Wildman–Crippen LogP) is 2.45. The Morgan fingerprint density at radius 1 is 1.39 bits per heavy atom. The minimum absolute atomic E-state index is 0.0963. The zero-order valence-electron chi connectivity index (χ0n) is 11.9. The molecule has 1 aliphatic heterocycles. The molecule has 0 aromatic heterocycles. The number of piperidine rings is 1. The number of esters is 1. The van der Waals surface area contributed by atoms with Crippen LogP contribution in [0.2, 0.25) is 0 Å². The Morgan fingerprint density at radius 3 is 2.50 bits per heavy atom. The van der Waals surface area contributed by atoms with Crippen molar-refractivity contribution in [2.24, 2.45) is 5.92 Å². The number of nitrogens with zero attached hydrogens (tertiary/aromatic N) is 1. The van der Waals surface area contributed by atoms with Crippen LogP contribution in [0.3, 0.4) is 0 Å². The van der Waals surface area contributed by atoms with Crippen LogP contribution in [0.1, 0.15) is 46.5 Å². The van der Waals surface area contributed by atoms with E-state index in [9.17, 15) is 4.79 Å². The average Bonchev–Trinajstić information content (AvgIpc) is 2.27. The Balaban J connectivity index is 2.12. The van der Waals surface area contributed by atoms with Gasteiger partial charge in [-0.25, -0.2) is 0 Å².